The van der Waals surface area contributed by atoms with Gasteiger partial charge in [-0.15, -0.1) is 0 Å². The predicted molar refractivity (Wildman–Crippen MR) is 119 cm³/mol. The van der Waals surface area contributed by atoms with Crippen LogP contribution in [0.1, 0.15) is 29.8 Å². The van der Waals surface area contributed by atoms with Gasteiger partial charge >= 0.3 is 0 Å². The molecule has 31 heavy (non-hydrogen) atoms. The molecule has 1 fully saturated rings. The molecule has 1 atom stereocenters. The third-order valence-corrected chi connectivity index (χ3v) is 5.45. The molecule has 1 saturated heterocycles. The number of rotatable bonds is 4. The van der Waals surface area contributed by atoms with Gasteiger partial charge in [-0.25, -0.2) is 9.37 Å². The Balaban J connectivity index is 1.62. The summed E-state index contributed by atoms with van der Waals surface area (Å²) in [4.78, 5) is 19.5. The number of aromatic nitrogens is 3. The van der Waals surface area contributed by atoms with Crippen LogP contribution in [0.15, 0.2) is 42.6 Å². The molecule has 1 aromatic carbocycles. The highest BCUT2D eigenvalue weighted by Crippen LogP contribution is 2.29. The lowest BCUT2D eigenvalue weighted by molar-refractivity contribution is 0.102. The molecule has 9 heteroatoms. The van der Waals surface area contributed by atoms with Crippen molar-refractivity contribution in [3.05, 3.63) is 54.1 Å². The molecular weight excluding hydrogens is 397 g/mol. The van der Waals surface area contributed by atoms with Crippen molar-refractivity contribution in [2.75, 3.05) is 29.0 Å². The first-order valence-corrected chi connectivity index (χ1v) is 10.3. The standard InChI is InChI=1S/C22H26FN7O/c1-29-22(30-11-5-4-6-14(24)13-30)19(12-26-29)28-21(31)20-17(25)9-10-18(27-20)15-7-2-3-8-16(15)23/h2-3,7-10,12,14H,4-6,11,13,24-25H2,1H3,(H,28,31)/t14-/m1/s1. The molecule has 1 aliphatic heterocycles. The second kappa shape index (κ2) is 8.73. The highest BCUT2D eigenvalue weighted by Gasteiger charge is 2.23. The van der Waals surface area contributed by atoms with Crippen LogP contribution >= 0.6 is 0 Å². The minimum absolute atomic E-state index is 0.0307. The van der Waals surface area contributed by atoms with Crippen molar-refractivity contribution >= 4 is 23.1 Å². The first kappa shape index (κ1) is 20.8. The number of carbonyl (C=O) groups is 1. The topological polar surface area (TPSA) is 115 Å². The maximum absolute atomic E-state index is 14.2. The van der Waals surface area contributed by atoms with Gasteiger partial charge in [0.15, 0.2) is 11.5 Å². The van der Waals surface area contributed by atoms with E-state index in [9.17, 15) is 9.18 Å². The van der Waals surface area contributed by atoms with Crippen molar-refractivity contribution in [1.29, 1.82) is 0 Å². The van der Waals surface area contributed by atoms with Crippen LogP contribution in [0.2, 0.25) is 0 Å². The average Bonchev–Trinajstić information content (AvgIpc) is 2.96. The number of benzene rings is 1. The smallest absolute Gasteiger partial charge is 0.276 e. The Hall–Kier alpha value is -3.46. The molecule has 5 N–H and O–H groups in total. The third-order valence-electron chi connectivity index (χ3n) is 5.45. The molecule has 0 bridgehead atoms. The maximum atomic E-state index is 14.2. The zero-order valence-corrected chi connectivity index (χ0v) is 17.4. The van der Waals surface area contributed by atoms with Gasteiger partial charge in [-0.3, -0.25) is 9.48 Å². The summed E-state index contributed by atoms with van der Waals surface area (Å²) < 4.78 is 15.9. The summed E-state index contributed by atoms with van der Waals surface area (Å²) in [6.45, 7) is 1.52. The number of nitrogens with one attached hydrogen (secondary N) is 1. The lowest BCUT2D eigenvalue weighted by Crippen LogP contribution is -2.37. The second-order valence-electron chi connectivity index (χ2n) is 7.78. The van der Waals surface area contributed by atoms with Crippen molar-refractivity contribution in [2.45, 2.75) is 25.3 Å². The molecule has 0 saturated carbocycles. The van der Waals surface area contributed by atoms with E-state index in [1.54, 1.807) is 41.2 Å². The first-order chi connectivity index (χ1) is 14.9. The third kappa shape index (κ3) is 4.36. The fourth-order valence-electron chi connectivity index (χ4n) is 3.91. The summed E-state index contributed by atoms with van der Waals surface area (Å²) in [5.41, 5.74) is 13.7. The van der Waals surface area contributed by atoms with E-state index in [1.807, 2.05) is 7.05 Å². The molecule has 0 radical (unpaired) electrons. The fourth-order valence-corrected chi connectivity index (χ4v) is 3.91. The minimum Gasteiger partial charge on any atom is -0.397 e. The zero-order valence-electron chi connectivity index (χ0n) is 17.4. The summed E-state index contributed by atoms with van der Waals surface area (Å²) in [6.07, 6.45) is 4.66. The van der Waals surface area contributed by atoms with Crippen molar-refractivity contribution in [1.82, 2.24) is 14.8 Å². The van der Waals surface area contributed by atoms with Gasteiger partial charge in [0.2, 0.25) is 0 Å². The Labute approximate surface area is 180 Å². The van der Waals surface area contributed by atoms with Crippen molar-refractivity contribution in [2.24, 2.45) is 12.8 Å². The first-order valence-electron chi connectivity index (χ1n) is 10.3. The number of nitrogens with two attached hydrogens (primary N) is 2. The number of aryl methyl sites for hydroxylation is 1. The van der Waals surface area contributed by atoms with Gasteiger partial charge in [0.1, 0.15) is 11.5 Å². The molecule has 0 unspecified atom stereocenters. The number of anilines is 3. The maximum Gasteiger partial charge on any atom is 0.276 e. The Kier molecular flexibility index (Phi) is 5.85. The Morgan fingerprint density at radius 1 is 1.23 bits per heavy atom. The van der Waals surface area contributed by atoms with Crippen LogP contribution in [0.5, 0.6) is 0 Å². The molecule has 162 valence electrons. The monoisotopic (exact) mass is 423 g/mol. The van der Waals surface area contributed by atoms with E-state index in [0.29, 0.717) is 23.5 Å². The fraction of sp³-hybridized carbons (Fsp3) is 0.318. The molecule has 0 spiro atoms. The summed E-state index contributed by atoms with van der Waals surface area (Å²) in [5.74, 6) is -0.114. The molecular formula is C22H26FN7O. The Bertz CT molecular complexity index is 1100. The van der Waals surface area contributed by atoms with E-state index in [4.69, 9.17) is 11.5 Å². The van der Waals surface area contributed by atoms with E-state index in [-0.39, 0.29) is 17.4 Å². The lowest BCUT2D eigenvalue weighted by Gasteiger charge is -2.26. The molecule has 1 amide bonds. The Morgan fingerprint density at radius 3 is 2.84 bits per heavy atom. The van der Waals surface area contributed by atoms with Crippen LogP contribution in [0, 0.1) is 5.82 Å². The second-order valence-corrected chi connectivity index (χ2v) is 7.78. The summed E-state index contributed by atoms with van der Waals surface area (Å²) >= 11 is 0. The minimum atomic E-state index is -0.482. The van der Waals surface area contributed by atoms with Gasteiger partial charge in [-0.1, -0.05) is 18.6 Å². The van der Waals surface area contributed by atoms with Crippen molar-refractivity contribution in [3.63, 3.8) is 0 Å². The van der Waals surface area contributed by atoms with Crippen LogP contribution in [0.25, 0.3) is 11.3 Å². The van der Waals surface area contributed by atoms with Gasteiger partial charge in [0.05, 0.1) is 17.6 Å². The number of halogens is 1. The zero-order chi connectivity index (χ0) is 22.0. The SMILES string of the molecule is Cn1ncc(NC(=O)c2nc(-c3ccccc3F)ccc2N)c1N1CCCC[C@@H](N)C1. The highest BCUT2D eigenvalue weighted by atomic mass is 19.1. The van der Waals surface area contributed by atoms with E-state index in [1.165, 1.54) is 6.07 Å². The number of hydrogen-bond donors (Lipinski definition) is 3. The van der Waals surface area contributed by atoms with E-state index in [0.717, 1.165) is 31.6 Å². The van der Waals surface area contributed by atoms with Gasteiger partial charge in [0.25, 0.3) is 5.91 Å². The van der Waals surface area contributed by atoms with Gasteiger partial charge in [-0.2, -0.15) is 5.10 Å². The summed E-state index contributed by atoms with van der Waals surface area (Å²) in [5, 5.41) is 7.18. The van der Waals surface area contributed by atoms with E-state index >= 15 is 0 Å². The largest absolute Gasteiger partial charge is 0.397 e. The average molecular weight is 423 g/mol. The number of nitrogens with zero attached hydrogens (tertiary/aromatic N) is 4. The highest BCUT2D eigenvalue weighted by molar-refractivity contribution is 6.07. The number of nitrogen functional groups attached to an aromatic ring is 1. The number of carbonyl (C=O) groups excluding carboxylic acids is 1. The molecule has 3 heterocycles. The van der Waals surface area contributed by atoms with E-state index < -0.39 is 11.7 Å². The number of pyridine rings is 1. The molecule has 0 aliphatic carbocycles. The molecule has 2 aromatic heterocycles. The normalized spacial score (nSPS) is 16.7. The van der Waals surface area contributed by atoms with Crippen LogP contribution in [0.4, 0.5) is 21.6 Å². The van der Waals surface area contributed by atoms with Crippen LogP contribution in [-0.2, 0) is 7.05 Å². The Morgan fingerprint density at radius 2 is 2.03 bits per heavy atom. The quantitative estimate of drug-likeness (QED) is 0.594. The molecule has 8 nitrogen and oxygen atoms in total. The predicted octanol–water partition coefficient (Wildman–Crippen LogP) is 2.77. The molecule has 3 aromatic rings. The van der Waals surface area contributed by atoms with Crippen LogP contribution in [0.3, 0.4) is 0 Å². The number of hydrogen-bond acceptors (Lipinski definition) is 6. The van der Waals surface area contributed by atoms with Crippen LogP contribution in [-0.4, -0.2) is 39.8 Å². The molecule has 4 rings (SSSR count). The van der Waals surface area contributed by atoms with Crippen molar-refractivity contribution in [3.8, 4) is 11.3 Å². The van der Waals surface area contributed by atoms with Gasteiger partial charge in [-0.05, 0) is 37.1 Å². The summed E-state index contributed by atoms with van der Waals surface area (Å²) in [6, 6.07) is 9.49. The van der Waals surface area contributed by atoms with E-state index in [2.05, 4.69) is 20.3 Å². The van der Waals surface area contributed by atoms with Crippen molar-refractivity contribution < 1.29 is 9.18 Å². The van der Waals surface area contributed by atoms with Gasteiger partial charge < -0.3 is 21.7 Å². The lowest BCUT2D eigenvalue weighted by atomic mass is 10.1. The summed E-state index contributed by atoms with van der Waals surface area (Å²) in [7, 11) is 1.83. The van der Waals surface area contributed by atoms with Crippen LogP contribution < -0.4 is 21.7 Å². The molecule has 1 aliphatic rings. The number of amides is 1. The van der Waals surface area contributed by atoms with Gasteiger partial charge in [0, 0.05) is 31.7 Å².